The van der Waals surface area contributed by atoms with Gasteiger partial charge in [-0.2, -0.15) is 0 Å². The van der Waals surface area contributed by atoms with Crippen LogP contribution in [0.2, 0.25) is 0 Å². The molecule has 0 spiro atoms. The number of amides is 1. The summed E-state index contributed by atoms with van der Waals surface area (Å²) in [6.45, 7) is 4.40. The predicted molar refractivity (Wildman–Crippen MR) is 44.9 cm³/mol. The lowest BCUT2D eigenvalue weighted by Gasteiger charge is -2.29. The average Bonchev–Trinajstić information content (AvgIpc) is 1.85. The first-order valence-electron chi connectivity index (χ1n) is 4.39. The Balaban J connectivity index is 2.49. The molecule has 1 rings (SSSR count). The maximum absolute atomic E-state index is 10.9. The summed E-state index contributed by atoms with van der Waals surface area (Å²) < 4.78 is 0. The number of carbonyl (C=O) groups excluding carboxylic acids is 1. The normalized spacial score (nSPS) is 38.5. The molecule has 1 aliphatic carbocycles. The zero-order valence-electron chi connectivity index (χ0n) is 7.34. The van der Waals surface area contributed by atoms with E-state index < -0.39 is 0 Å². The predicted octanol–water partition coefficient (Wildman–Crippen LogP) is 1.54. The Morgan fingerprint density at radius 2 is 1.64 bits per heavy atom. The van der Waals surface area contributed by atoms with E-state index in [1.54, 1.807) is 0 Å². The topological polar surface area (TPSA) is 43.1 Å². The van der Waals surface area contributed by atoms with E-state index in [9.17, 15) is 4.79 Å². The highest BCUT2D eigenvalue weighted by Crippen LogP contribution is 2.32. The van der Waals surface area contributed by atoms with Crippen LogP contribution < -0.4 is 5.73 Å². The number of carbonyl (C=O) groups is 1. The van der Waals surface area contributed by atoms with Crippen molar-refractivity contribution in [3.63, 3.8) is 0 Å². The van der Waals surface area contributed by atoms with Crippen LogP contribution in [0.25, 0.3) is 0 Å². The summed E-state index contributed by atoms with van der Waals surface area (Å²) in [5.41, 5.74) is 5.25. The SMILES string of the molecule is C[C@@H]1CC(C(N)=O)C[C@H](C)C1. The van der Waals surface area contributed by atoms with Gasteiger partial charge >= 0.3 is 0 Å². The van der Waals surface area contributed by atoms with Gasteiger partial charge in [0.25, 0.3) is 0 Å². The van der Waals surface area contributed by atoms with E-state index >= 15 is 0 Å². The highest BCUT2D eigenvalue weighted by atomic mass is 16.1. The quantitative estimate of drug-likeness (QED) is 0.613. The fraction of sp³-hybridized carbons (Fsp3) is 0.889. The molecule has 2 N–H and O–H groups in total. The van der Waals surface area contributed by atoms with Gasteiger partial charge < -0.3 is 5.73 Å². The van der Waals surface area contributed by atoms with Crippen molar-refractivity contribution < 1.29 is 4.79 Å². The van der Waals surface area contributed by atoms with E-state index in [1.165, 1.54) is 6.42 Å². The highest BCUT2D eigenvalue weighted by Gasteiger charge is 2.26. The van der Waals surface area contributed by atoms with Crippen molar-refractivity contribution in [2.24, 2.45) is 23.5 Å². The van der Waals surface area contributed by atoms with Gasteiger partial charge in [-0.05, 0) is 31.1 Å². The minimum Gasteiger partial charge on any atom is -0.369 e. The summed E-state index contributed by atoms with van der Waals surface area (Å²) in [5, 5.41) is 0. The van der Waals surface area contributed by atoms with Crippen molar-refractivity contribution in [1.29, 1.82) is 0 Å². The number of hydrogen-bond acceptors (Lipinski definition) is 1. The second-order valence-corrected chi connectivity index (χ2v) is 4.02. The Bertz CT molecular complexity index is 146. The van der Waals surface area contributed by atoms with Crippen LogP contribution in [0, 0.1) is 17.8 Å². The molecule has 1 aliphatic rings. The number of nitrogens with two attached hydrogens (primary N) is 1. The van der Waals surface area contributed by atoms with E-state index in [4.69, 9.17) is 5.73 Å². The van der Waals surface area contributed by atoms with Gasteiger partial charge in [0.15, 0.2) is 0 Å². The van der Waals surface area contributed by atoms with Crippen molar-refractivity contribution in [1.82, 2.24) is 0 Å². The lowest BCUT2D eigenvalue weighted by Crippen LogP contribution is -2.30. The Morgan fingerprint density at radius 1 is 1.18 bits per heavy atom. The molecule has 1 amide bonds. The van der Waals surface area contributed by atoms with Crippen molar-refractivity contribution in [2.75, 3.05) is 0 Å². The van der Waals surface area contributed by atoms with E-state index in [2.05, 4.69) is 13.8 Å². The van der Waals surface area contributed by atoms with Gasteiger partial charge in [0, 0.05) is 5.92 Å². The zero-order valence-corrected chi connectivity index (χ0v) is 7.34. The molecule has 0 bridgehead atoms. The Labute approximate surface area is 68.2 Å². The third kappa shape index (κ3) is 2.21. The highest BCUT2D eigenvalue weighted by molar-refractivity contribution is 5.76. The molecule has 1 saturated carbocycles. The van der Waals surface area contributed by atoms with Crippen LogP contribution in [0.4, 0.5) is 0 Å². The fourth-order valence-electron chi connectivity index (χ4n) is 2.18. The van der Waals surface area contributed by atoms with Crippen LogP contribution in [0.5, 0.6) is 0 Å². The first-order chi connectivity index (χ1) is 5.09. The van der Waals surface area contributed by atoms with Gasteiger partial charge in [0.05, 0.1) is 0 Å². The number of rotatable bonds is 1. The van der Waals surface area contributed by atoms with Crippen LogP contribution in [0.3, 0.4) is 0 Å². The third-order valence-electron chi connectivity index (χ3n) is 2.58. The summed E-state index contributed by atoms with van der Waals surface area (Å²) in [6, 6.07) is 0. The Morgan fingerprint density at radius 3 is 2.00 bits per heavy atom. The maximum atomic E-state index is 10.9. The van der Waals surface area contributed by atoms with Crippen LogP contribution in [0.15, 0.2) is 0 Å². The standard InChI is InChI=1S/C9H17NO/c1-6-3-7(2)5-8(4-6)9(10)11/h6-8H,3-5H2,1-2H3,(H2,10,11)/t6-,7+,8?. The molecule has 2 nitrogen and oxygen atoms in total. The molecule has 3 atom stereocenters. The molecular formula is C9H17NO. The molecule has 0 aromatic heterocycles. The molecule has 0 saturated heterocycles. The van der Waals surface area contributed by atoms with E-state index in [0.29, 0.717) is 11.8 Å². The zero-order chi connectivity index (χ0) is 8.43. The van der Waals surface area contributed by atoms with Crippen LogP contribution in [-0.2, 0) is 4.79 Å². The summed E-state index contributed by atoms with van der Waals surface area (Å²) in [5.74, 6) is 1.39. The van der Waals surface area contributed by atoms with Gasteiger partial charge in [-0.3, -0.25) is 4.79 Å². The fourth-order valence-corrected chi connectivity index (χ4v) is 2.18. The minimum atomic E-state index is -0.108. The second-order valence-electron chi connectivity index (χ2n) is 4.02. The van der Waals surface area contributed by atoms with Gasteiger partial charge in [0.1, 0.15) is 0 Å². The largest absolute Gasteiger partial charge is 0.369 e. The van der Waals surface area contributed by atoms with Crippen molar-refractivity contribution in [2.45, 2.75) is 33.1 Å². The molecule has 1 unspecified atom stereocenters. The molecule has 0 radical (unpaired) electrons. The Hall–Kier alpha value is -0.530. The summed E-state index contributed by atoms with van der Waals surface area (Å²) in [6.07, 6.45) is 3.25. The molecule has 0 aromatic rings. The summed E-state index contributed by atoms with van der Waals surface area (Å²) in [4.78, 5) is 10.9. The molecular weight excluding hydrogens is 138 g/mol. The molecule has 0 aromatic carbocycles. The molecule has 0 heterocycles. The van der Waals surface area contributed by atoms with Crippen molar-refractivity contribution in [3.05, 3.63) is 0 Å². The number of primary amides is 1. The van der Waals surface area contributed by atoms with Gasteiger partial charge in [-0.1, -0.05) is 13.8 Å². The van der Waals surface area contributed by atoms with Crippen molar-refractivity contribution >= 4 is 5.91 Å². The van der Waals surface area contributed by atoms with Gasteiger partial charge in [-0.25, -0.2) is 0 Å². The molecule has 2 heteroatoms. The number of hydrogen-bond donors (Lipinski definition) is 1. The molecule has 64 valence electrons. The lowest BCUT2D eigenvalue weighted by molar-refractivity contribution is -0.123. The lowest BCUT2D eigenvalue weighted by atomic mass is 9.76. The first kappa shape index (κ1) is 8.57. The van der Waals surface area contributed by atoms with Crippen LogP contribution >= 0.6 is 0 Å². The van der Waals surface area contributed by atoms with E-state index in [1.807, 2.05) is 0 Å². The van der Waals surface area contributed by atoms with Gasteiger partial charge in [0.2, 0.25) is 5.91 Å². The van der Waals surface area contributed by atoms with Crippen molar-refractivity contribution in [3.8, 4) is 0 Å². The smallest absolute Gasteiger partial charge is 0.220 e. The maximum Gasteiger partial charge on any atom is 0.220 e. The summed E-state index contributed by atoms with van der Waals surface area (Å²) in [7, 11) is 0. The summed E-state index contributed by atoms with van der Waals surface area (Å²) >= 11 is 0. The van der Waals surface area contributed by atoms with E-state index in [-0.39, 0.29) is 11.8 Å². The van der Waals surface area contributed by atoms with Crippen LogP contribution in [0.1, 0.15) is 33.1 Å². The minimum absolute atomic E-state index is 0.108. The van der Waals surface area contributed by atoms with Gasteiger partial charge in [-0.15, -0.1) is 0 Å². The van der Waals surface area contributed by atoms with Crippen LogP contribution in [-0.4, -0.2) is 5.91 Å². The second kappa shape index (κ2) is 3.24. The third-order valence-corrected chi connectivity index (χ3v) is 2.58. The average molecular weight is 155 g/mol. The molecule has 0 aliphatic heterocycles. The first-order valence-corrected chi connectivity index (χ1v) is 4.39. The molecule has 11 heavy (non-hydrogen) atoms. The monoisotopic (exact) mass is 155 g/mol. The molecule has 1 fully saturated rings. The van der Waals surface area contributed by atoms with E-state index in [0.717, 1.165) is 12.8 Å². The Kier molecular flexibility index (Phi) is 2.53.